The SMILES string of the molecule is CCOC1C(Cl)CC1Oc1ccc(F)c(F)c1. The summed E-state index contributed by atoms with van der Waals surface area (Å²) in [4.78, 5) is 0. The standard InChI is InChI=1S/C12H13ClF2O2/c1-2-16-12-8(13)6-11(12)17-7-3-4-9(14)10(15)5-7/h3-5,8,11-12H,2,6H2,1H3. The van der Waals surface area contributed by atoms with Crippen LogP contribution in [0.3, 0.4) is 0 Å². The van der Waals surface area contributed by atoms with Gasteiger partial charge in [0.15, 0.2) is 11.6 Å². The van der Waals surface area contributed by atoms with Gasteiger partial charge < -0.3 is 9.47 Å². The number of ether oxygens (including phenoxy) is 2. The van der Waals surface area contributed by atoms with Crippen molar-refractivity contribution in [1.82, 2.24) is 0 Å². The quantitative estimate of drug-likeness (QED) is 0.776. The van der Waals surface area contributed by atoms with Crippen LogP contribution in [0.2, 0.25) is 0 Å². The van der Waals surface area contributed by atoms with Gasteiger partial charge in [0, 0.05) is 19.1 Å². The second-order valence-corrected chi connectivity index (χ2v) is 4.46. The van der Waals surface area contributed by atoms with Crippen LogP contribution in [0, 0.1) is 11.6 Å². The Morgan fingerprint density at radius 2 is 2.12 bits per heavy atom. The van der Waals surface area contributed by atoms with E-state index in [1.54, 1.807) is 0 Å². The summed E-state index contributed by atoms with van der Waals surface area (Å²) in [5.74, 6) is -1.51. The summed E-state index contributed by atoms with van der Waals surface area (Å²) in [7, 11) is 0. The molecule has 2 nitrogen and oxygen atoms in total. The van der Waals surface area contributed by atoms with Crippen molar-refractivity contribution < 1.29 is 18.3 Å². The van der Waals surface area contributed by atoms with E-state index in [0.29, 0.717) is 18.8 Å². The van der Waals surface area contributed by atoms with Crippen molar-refractivity contribution in [2.75, 3.05) is 6.61 Å². The third-order valence-corrected chi connectivity index (χ3v) is 3.14. The highest BCUT2D eigenvalue weighted by Gasteiger charge is 2.42. The zero-order chi connectivity index (χ0) is 12.4. The highest BCUT2D eigenvalue weighted by molar-refractivity contribution is 6.21. The molecule has 94 valence electrons. The lowest BCUT2D eigenvalue weighted by atomic mass is 9.91. The molecule has 0 N–H and O–H groups in total. The van der Waals surface area contributed by atoms with Crippen molar-refractivity contribution in [2.24, 2.45) is 0 Å². The highest BCUT2D eigenvalue weighted by atomic mass is 35.5. The Morgan fingerprint density at radius 1 is 1.35 bits per heavy atom. The molecular formula is C12H13ClF2O2. The molecule has 0 amide bonds. The summed E-state index contributed by atoms with van der Waals surface area (Å²) >= 11 is 5.97. The minimum Gasteiger partial charge on any atom is -0.487 e. The first-order valence-electron chi connectivity index (χ1n) is 5.49. The number of hydrogen-bond donors (Lipinski definition) is 0. The number of hydrogen-bond acceptors (Lipinski definition) is 2. The summed E-state index contributed by atoms with van der Waals surface area (Å²) in [5.41, 5.74) is 0. The van der Waals surface area contributed by atoms with Gasteiger partial charge in [-0.05, 0) is 19.1 Å². The zero-order valence-electron chi connectivity index (χ0n) is 9.33. The predicted octanol–water partition coefficient (Wildman–Crippen LogP) is 3.13. The van der Waals surface area contributed by atoms with Crippen molar-refractivity contribution in [3.63, 3.8) is 0 Å². The van der Waals surface area contributed by atoms with Crippen LogP contribution < -0.4 is 4.74 Å². The summed E-state index contributed by atoms with van der Waals surface area (Å²) in [6, 6.07) is 3.46. The molecule has 0 heterocycles. The molecule has 1 aliphatic carbocycles. The lowest BCUT2D eigenvalue weighted by Gasteiger charge is -2.40. The third-order valence-electron chi connectivity index (χ3n) is 2.72. The van der Waals surface area contributed by atoms with Crippen molar-refractivity contribution in [3.05, 3.63) is 29.8 Å². The van der Waals surface area contributed by atoms with Gasteiger partial charge in [0.05, 0.1) is 5.38 Å². The van der Waals surface area contributed by atoms with Crippen LogP contribution in [0.15, 0.2) is 18.2 Å². The van der Waals surface area contributed by atoms with Crippen LogP contribution in [-0.2, 0) is 4.74 Å². The largest absolute Gasteiger partial charge is 0.487 e. The molecule has 1 fully saturated rings. The minimum atomic E-state index is -0.919. The molecule has 0 aromatic heterocycles. The van der Waals surface area contributed by atoms with Gasteiger partial charge in [0.2, 0.25) is 0 Å². The Balaban J connectivity index is 1.99. The molecule has 0 radical (unpaired) electrons. The monoisotopic (exact) mass is 262 g/mol. The molecule has 2 rings (SSSR count). The van der Waals surface area contributed by atoms with E-state index in [2.05, 4.69) is 0 Å². The normalized spacial score (nSPS) is 27.6. The van der Waals surface area contributed by atoms with Crippen LogP contribution in [0.25, 0.3) is 0 Å². The van der Waals surface area contributed by atoms with Gasteiger partial charge in [-0.1, -0.05) is 0 Å². The third kappa shape index (κ3) is 2.69. The van der Waals surface area contributed by atoms with Crippen molar-refractivity contribution >= 4 is 11.6 Å². The summed E-state index contributed by atoms with van der Waals surface area (Å²) in [5, 5.41) is -0.0785. The Bertz CT molecular complexity index is 400. The Morgan fingerprint density at radius 3 is 2.71 bits per heavy atom. The summed E-state index contributed by atoms with van der Waals surface area (Å²) < 4.78 is 36.6. The lowest BCUT2D eigenvalue weighted by molar-refractivity contribution is -0.0760. The molecule has 1 aromatic rings. The number of rotatable bonds is 4. The molecule has 17 heavy (non-hydrogen) atoms. The van der Waals surface area contributed by atoms with Crippen LogP contribution >= 0.6 is 11.6 Å². The fraction of sp³-hybridized carbons (Fsp3) is 0.500. The topological polar surface area (TPSA) is 18.5 Å². The smallest absolute Gasteiger partial charge is 0.162 e. The Labute approximate surface area is 103 Å². The molecule has 1 aliphatic rings. The lowest BCUT2D eigenvalue weighted by Crippen LogP contribution is -2.52. The zero-order valence-corrected chi connectivity index (χ0v) is 10.1. The van der Waals surface area contributed by atoms with E-state index in [1.165, 1.54) is 6.07 Å². The predicted molar refractivity (Wildman–Crippen MR) is 60.4 cm³/mol. The van der Waals surface area contributed by atoms with Crippen LogP contribution in [0.1, 0.15) is 13.3 Å². The van der Waals surface area contributed by atoms with E-state index in [4.69, 9.17) is 21.1 Å². The van der Waals surface area contributed by atoms with Crippen molar-refractivity contribution in [2.45, 2.75) is 30.9 Å². The molecule has 0 spiro atoms. The maximum Gasteiger partial charge on any atom is 0.162 e. The Kier molecular flexibility index (Phi) is 3.84. The van der Waals surface area contributed by atoms with Gasteiger partial charge in [0.1, 0.15) is 18.0 Å². The van der Waals surface area contributed by atoms with Gasteiger partial charge in [-0.2, -0.15) is 0 Å². The first kappa shape index (κ1) is 12.6. The van der Waals surface area contributed by atoms with Crippen molar-refractivity contribution in [1.29, 1.82) is 0 Å². The molecule has 1 saturated carbocycles. The minimum absolute atomic E-state index is 0.0785. The van der Waals surface area contributed by atoms with E-state index in [1.807, 2.05) is 6.92 Å². The first-order chi connectivity index (χ1) is 8.11. The molecule has 0 bridgehead atoms. The van der Waals surface area contributed by atoms with E-state index in [0.717, 1.165) is 12.1 Å². The molecule has 3 unspecified atom stereocenters. The second kappa shape index (κ2) is 5.19. The van der Waals surface area contributed by atoms with Gasteiger partial charge in [-0.15, -0.1) is 11.6 Å². The van der Waals surface area contributed by atoms with Gasteiger partial charge in [-0.25, -0.2) is 8.78 Å². The molecule has 5 heteroatoms. The fourth-order valence-corrected chi connectivity index (χ4v) is 2.18. The average molecular weight is 263 g/mol. The van der Waals surface area contributed by atoms with E-state index in [9.17, 15) is 8.78 Å². The van der Waals surface area contributed by atoms with E-state index < -0.39 is 11.6 Å². The highest BCUT2D eigenvalue weighted by Crippen LogP contribution is 2.33. The van der Waals surface area contributed by atoms with E-state index >= 15 is 0 Å². The molecular weight excluding hydrogens is 250 g/mol. The van der Waals surface area contributed by atoms with Gasteiger partial charge in [-0.3, -0.25) is 0 Å². The van der Waals surface area contributed by atoms with Gasteiger partial charge >= 0.3 is 0 Å². The number of alkyl halides is 1. The fourth-order valence-electron chi connectivity index (χ4n) is 1.77. The summed E-state index contributed by atoms with van der Waals surface area (Å²) in [6.45, 7) is 2.42. The molecule has 0 aliphatic heterocycles. The maximum absolute atomic E-state index is 13.0. The molecule has 3 atom stereocenters. The number of benzene rings is 1. The first-order valence-corrected chi connectivity index (χ1v) is 5.93. The van der Waals surface area contributed by atoms with Crippen LogP contribution in [0.4, 0.5) is 8.78 Å². The molecule has 1 aromatic carbocycles. The number of halogens is 3. The second-order valence-electron chi connectivity index (χ2n) is 3.90. The van der Waals surface area contributed by atoms with Crippen LogP contribution in [-0.4, -0.2) is 24.2 Å². The Hall–Kier alpha value is -0.870. The maximum atomic E-state index is 13.0. The summed E-state index contributed by atoms with van der Waals surface area (Å²) in [6.07, 6.45) is 0.266. The molecule has 0 saturated heterocycles. The van der Waals surface area contributed by atoms with Gasteiger partial charge in [0.25, 0.3) is 0 Å². The van der Waals surface area contributed by atoms with Crippen molar-refractivity contribution in [3.8, 4) is 5.75 Å². The van der Waals surface area contributed by atoms with Crippen LogP contribution in [0.5, 0.6) is 5.75 Å². The van der Waals surface area contributed by atoms with E-state index in [-0.39, 0.29) is 17.6 Å². The average Bonchev–Trinajstić information content (AvgIpc) is 2.30.